The number of nitrogens with one attached hydrogen (secondary N) is 1. The van der Waals surface area contributed by atoms with E-state index in [-0.39, 0.29) is 5.56 Å². The second-order valence-electron chi connectivity index (χ2n) is 4.18. The number of aromatic nitrogens is 2. The van der Waals surface area contributed by atoms with Crippen molar-refractivity contribution in [3.8, 4) is 0 Å². The molecule has 0 atom stereocenters. The topological polar surface area (TPSA) is 67.2 Å². The second kappa shape index (κ2) is 5.32. The number of aromatic carboxylic acids is 1. The first-order valence-corrected chi connectivity index (χ1v) is 6.12. The molecule has 0 radical (unpaired) electrons. The van der Waals surface area contributed by atoms with Gasteiger partial charge in [-0.05, 0) is 18.6 Å². The van der Waals surface area contributed by atoms with Gasteiger partial charge in [0.1, 0.15) is 11.4 Å². The minimum atomic E-state index is -0.993. The molecule has 0 saturated carbocycles. The molecule has 100 valence electrons. The van der Waals surface area contributed by atoms with E-state index in [9.17, 15) is 9.90 Å². The maximum Gasteiger partial charge on any atom is 0.341 e. The minimum absolute atomic E-state index is 0.189. The van der Waals surface area contributed by atoms with Crippen molar-refractivity contribution in [1.82, 2.24) is 9.78 Å². The minimum Gasteiger partial charge on any atom is -0.477 e. The average molecular weight is 280 g/mol. The number of benzene rings is 1. The van der Waals surface area contributed by atoms with Gasteiger partial charge in [0.05, 0.1) is 5.69 Å². The molecule has 0 aliphatic carbocycles. The van der Waals surface area contributed by atoms with Gasteiger partial charge in [0.2, 0.25) is 0 Å². The predicted octanol–water partition coefficient (Wildman–Crippen LogP) is 2.69. The monoisotopic (exact) mass is 279 g/mol. The number of carbonyl (C=O) groups is 1. The number of halogens is 1. The first kappa shape index (κ1) is 13.4. The summed E-state index contributed by atoms with van der Waals surface area (Å²) in [6.45, 7) is 2.11. The zero-order chi connectivity index (χ0) is 14.0. The highest BCUT2D eigenvalue weighted by molar-refractivity contribution is 6.31. The molecule has 0 unspecified atom stereocenters. The third-order valence-electron chi connectivity index (χ3n) is 2.84. The molecule has 2 N–H and O–H groups in total. The van der Waals surface area contributed by atoms with E-state index in [1.807, 2.05) is 18.2 Å². The number of anilines is 1. The maximum atomic E-state index is 11.2. The molecule has 0 spiro atoms. The molecule has 0 amide bonds. The van der Waals surface area contributed by atoms with Crippen LogP contribution in [0.4, 0.5) is 5.82 Å². The molecule has 0 aliphatic rings. The van der Waals surface area contributed by atoms with Crippen molar-refractivity contribution in [2.45, 2.75) is 13.5 Å². The third kappa shape index (κ3) is 2.71. The van der Waals surface area contributed by atoms with Gasteiger partial charge < -0.3 is 10.4 Å². The molecule has 1 aromatic carbocycles. The van der Waals surface area contributed by atoms with Crippen LogP contribution in [0, 0.1) is 6.92 Å². The summed E-state index contributed by atoms with van der Waals surface area (Å²) in [5.74, 6) is -0.517. The summed E-state index contributed by atoms with van der Waals surface area (Å²) in [6, 6.07) is 7.42. The van der Waals surface area contributed by atoms with Gasteiger partial charge in [0, 0.05) is 18.6 Å². The van der Waals surface area contributed by atoms with Crippen LogP contribution < -0.4 is 5.32 Å². The fourth-order valence-electron chi connectivity index (χ4n) is 1.94. The van der Waals surface area contributed by atoms with E-state index in [0.717, 1.165) is 5.56 Å². The molecule has 1 heterocycles. The molecule has 6 heteroatoms. The summed E-state index contributed by atoms with van der Waals surface area (Å²) in [5.41, 5.74) is 1.57. The predicted molar refractivity (Wildman–Crippen MR) is 73.7 cm³/mol. The summed E-state index contributed by atoms with van der Waals surface area (Å²) in [6.07, 6.45) is 0. The van der Waals surface area contributed by atoms with Crippen LogP contribution in [0.1, 0.15) is 21.6 Å². The van der Waals surface area contributed by atoms with Crippen LogP contribution in [0.5, 0.6) is 0 Å². The number of aryl methyl sites for hydroxylation is 2. The highest BCUT2D eigenvalue weighted by atomic mass is 35.5. The Balaban J connectivity index is 2.25. The van der Waals surface area contributed by atoms with Crippen molar-refractivity contribution in [2.75, 3.05) is 5.32 Å². The molecule has 0 saturated heterocycles. The summed E-state index contributed by atoms with van der Waals surface area (Å²) >= 11 is 6.06. The molecule has 5 nitrogen and oxygen atoms in total. The zero-order valence-corrected chi connectivity index (χ0v) is 11.4. The Kier molecular flexibility index (Phi) is 3.76. The van der Waals surface area contributed by atoms with E-state index in [2.05, 4.69) is 10.4 Å². The fourth-order valence-corrected chi connectivity index (χ4v) is 2.14. The largest absolute Gasteiger partial charge is 0.477 e. The Morgan fingerprint density at radius 1 is 1.47 bits per heavy atom. The highest BCUT2D eigenvalue weighted by Gasteiger charge is 2.19. The number of carboxylic acids is 1. The molecule has 19 heavy (non-hydrogen) atoms. The van der Waals surface area contributed by atoms with Crippen molar-refractivity contribution in [1.29, 1.82) is 0 Å². The van der Waals surface area contributed by atoms with Gasteiger partial charge in [-0.1, -0.05) is 29.8 Å². The number of hydrogen-bond acceptors (Lipinski definition) is 3. The summed E-state index contributed by atoms with van der Waals surface area (Å²) in [5, 5.41) is 17.0. The lowest BCUT2D eigenvalue weighted by Gasteiger charge is -2.09. The highest BCUT2D eigenvalue weighted by Crippen LogP contribution is 2.21. The lowest BCUT2D eigenvalue weighted by Crippen LogP contribution is -2.09. The van der Waals surface area contributed by atoms with E-state index >= 15 is 0 Å². The van der Waals surface area contributed by atoms with Crippen LogP contribution in [0.15, 0.2) is 24.3 Å². The lowest BCUT2D eigenvalue weighted by atomic mass is 10.2. The fraction of sp³-hybridized carbons (Fsp3) is 0.231. The normalized spacial score (nSPS) is 10.5. The summed E-state index contributed by atoms with van der Waals surface area (Å²) < 4.78 is 1.52. The molecular formula is C13H14ClN3O2. The van der Waals surface area contributed by atoms with E-state index < -0.39 is 5.97 Å². The van der Waals surface area contributed by atoms with E-state index in [1.165, 1.54) is 4.68 Å². The maximum absolute atomic E-state index is 11.2. The zero-order valence-electron chi connectivity index (χ0n) is 10.6. The second-order valence-corrected chi connectivity index (χ2v) is 4.59. The molecular weight excluding hydrogens is 266 g/mol. The Labute approximate surface area is 115 Å². The lowest BCUT2D eigenvalue weighted by molar-refractivity contribution is 0.0697. The Bertz CT molecular complexity index is 622. The van der Waals surface area contributed by atoms with Crippen molar-refractivity contribution in [3.05, 3.63) is 46.1 Å². The van der Waals surface area contributed by atoms with Crippen LogP contribution in [-0.4, -0.2) is 20.9 Å². The van der Waals surface area contributed by atoms with Gasteiger partial charge in [-0.2, -0.15) is 5.10 Å². The quantitative estimate of drug-likeness (QED) is 0.903. The smallest absolute Gasteiger partial charge is 0.341 e. The van der Waals surface area contributed by atoms with Crippen LogP contribution in [0.25, 0.3) is 0 Å². The van der Waals surface area contributed by atoms with Gasteiger partial charge in [-0.15, -0.1) is 0 Å². The van der Waals surface area contributed by atoms with Crippen molar-refractivity contribution in [3.63, 3.8) is 0 Å². The van der Waals surface area contributed by atoms with E-state index in [0.29, 0.717) is 23.1 Å². The molecule has 0 bridgehead atoms. The Morgan fingerprint density at radius 3 is 2.79 bits per heavy atom. The molecule has 0 fully saturated rings. The van der Waals surface area contributed by atoms with Crippen LogP contribution in [-0.2, 0) is 13.6 Å². The van der Waals surface area contributed by atoms with Gasteiger partial charge in [-0.3, -0.25) is 4.68 Å². The SMILES string of the molecule is Cc1nn(C)c(NCc2ccccc2Cl)c1C(=O)O. The first-order valence-electron chi connectivity index (χ1n) is 5.75. The standard InChI is InChI=1S/C13H14ClN3O2/c1-8-11(13(18)19)12(17(2)16-8)15-7-9-5-3-4-6-10(9)14/h3-6,15H,7H2,1-2H3,(H,18,19). The molecule has 1 aromatic heterocycles. The van der Waals surface area contributed by atoms with Crippen molar-refractivity contribution in [2.24, 2.45) is 7.05 Å². The Morgan fingerprint density at radius 2 is 2.16 bits per heavy atom. The molecule has 2 rings (SSSR count). The summed E-state index contributed by atoms with van der Waals surface area (Å²) in [4.78, 5) is 11.2. The first-order chi connectivity index (χ1) is 9.00. The molecule has 0 aliphatic heterocycles. The molecule has 2 aromatic rings. The number of carboxylic acid groups (broad SMARTS) is 1. The van der Waals surface area contributed by atoms with Gasteiger partial charge in [0.25, 0.3) is 0 Å². The van der Waals surface area contributed by atoms with Gasteiger partial charge >= 0.3 is 5.97 Å². The van der Waals surface area contributed by atoms with Crippen LogP contribution in [0.2, 0.25) is 5.02 Å². The third-order valence-corrected chi connectivity index (χ3v) is 3.21. The van der Waals surface area contributed by atoms with Crippen LogP contribution in [0.3, 0.4) is 0 Å². The number of hydrogen-bond donors (Lipinski definition) is 2. The Hall–Kier alpha value is -2.01. The van der Waals surface area contributed by atoms with Crippen molar-refractivity contribution < 1.29 is 9.90 Å². The van der Waals surface area contributed by atoms with E-state index in [4.69, 9.17) is 11.6 Å². The average Bonchev–Trinajstić information content (AvgIpc) is 2.63. The van der Waals surface area contributed by atoms with Crippen LogP contribution >= 0.6 is 11.6 Å². The number of nitrogens with zero attached hydrogens (tertiary/aromatic N) is 2. The van der Waals surface area contributed by atoms with E-state index in [1.54, 1.807) is 20.0 Å². The van der Waals surface area contributed by atoms with Crippen molar-refractivity contribution >= 4 is 23.4 Å². The van der Waals surface area contributed by atoms with Gasteiger partial charge in [-0.25, -0.2) is 4.79 Å². The summed E-state index contributed by atoms with van der Waals surface area (Å²) in [7, 11) is 1.70. The van der Waals surface area contributed by atoms with Gasteiger partial charge in [0.15, 0.2) is 0 Å². The number of rotatable bonds is 4.